The Bertz CT molecular complexity index is 858. The van der Waals surface area contributed by atoms with Crippen LogP contribution >= 0.6 is 0 Å². The van der Waals surface area contributed by atoms with Gasteiger partial charge in [-0.15, -0.1) is 0 Å². The minimum Gasteiger partial charge on any atom is -0.593 e. The van der Waals surface area contributed by atoms with Crippen LogP contribution in [0.25, 0.3) is 16.9 Å². The van der Waals surface area contributed by atoms with E-state index in [2.05, 4.69) is 16.0 Å². The molecule has 0 aliphatic carbocycles. The Labute approximate surface area is 115 Å². The van der Waals surface area contributed by atoms with Crippen LogP contribution in [0.3, 0.4) is 0 Å². The summed E-state index contributed by atoms with van der Waals surface area (Å²) < 4.78 is 1.88. The summed E-state index contributed by atoms with van der Waals surface area (Å²) >= 11 is 0. The van der Waals surface area contributed by atoms with Crippen LogP contribution in [-0.4, -0.2) is 19.5 Å². The number of nitriles is 1. The molecule has 5 nitrogen and oxygen atoms in total. The normalized spacial score (nSPS) is 10.7. The fraction of sp³-hybridized carbons (Fsp3) is 0.133. The lowest BCUT2D eigenvalue weighted by Gasteiger charge is -2.12. The van der Waals surface area contributed by atoms with E-state index in [1.807, 2.05) is 36.6 Å². The summed E-state index contributed by atoms with van der Waals surface area (Å²) in [6, 6.07) is 7.55. The van der Waals surface area contributed by atoms with E-state index >= 15 is 0 Å². The van der Waals surface area contributed by atoms with E-state index in [0.717, 1.165) is 22.5 Å². The number of imidazole rings is 1. The number of benzene rings is 1. The van der Waals surface area contributed by atoms with Gasteiger partial charge in [0.05, 0.1) is 11.4 Å². The zero-order valence-corrected chi connectivity index (χ0v) is 11.2. The average Bonchev–Trinajstić information content (AvgIpc) is 2.88. The van der Waals surface area contributed by atoms with Crippen molar-refractivity contribution < 1.29 is 5.11 Å². The molecule has 3 aromatic rings. The Morgan fingerprint density at radius 2 is 2.10 bits per heavy atom. The monoisotopic (exact) mass is 265 g/mol. The van der Waals surface area contributed by atoms with Gasteiger partial charge in [-0.25, -0.2) is 9.97 Å². The molecular weight excluding hydrogens is 252 g/mol. The molecule has 2 aromatic heterocycles. The van der Waals surface area contributed by atoms with Gasteiger partial charge in [0.15, 0.2) is 11.3 Å². The zero-order valence-electron chi connectivity index (χ0n) is 11.2. The summed E-state index contributed by atoms with van der Waals surface area (Å²) in [5, 5.41) is 16.8. The number of aromatic nitrogens is 3. The maximum Gasteiger partial charge on any atom is 0.254 e. The molecule has 1 aromatic carbocycles. The van der Waals surface area contributed by atoms with Gasteiger partial charge in [-0.1, -0.05) is 0 Å². The Morgan fingerprint density at radius 1 is 1.30 bits per heavy atom. The third kappa shape index (κ3) is 1.70. The summed E-state index contributed by atoms with van der Waals surface area (Å²) in [4.78, 5) is 8.55. The second kappa shape index (κ2) is 4.35. The van der Waals surface area contributed by atoms with Gasteiger partial charge in [-0.05, 0) is 25.5 Å². The summed E-state index contributed by atoms with van der Waals surface area (Å²) in [6.45, 7) is 3.84. The lowest BCUT2D eigenvalue weighted by atomic mass is 10.0. The van der Waals surface area contributed by atoms with Gasteiger partial charge < -0.3 is 5.11 Å². The molecule has 20 heavy (non-hydrogen) atoms. The molecule has 2 N–H and O–H groups in total. The molecule has 98 valence electrons. The highest BCUT2D eigenvalue weighted by atomic mass is 16.3. The van der Waals surface area contributed by atoms with Crippen molar-refractivity contribution in [1.29, 1.82) is 5.26 Å². The van der Waals surface area contributed by atoms with Crippen LogP contribution in [0, 0.1) is 25.2 Å². The second-order valence-electron chi connectivity index (χ2n) is 4.66. The van der Waals surface area contributed by atoms with Gasteiger partial charge in [0.1, 0.15) is 6.07 Å². The van der Waals surface area contributed by atoms with Crippen LogP contribution in [0.5, 0.6) is 5.75 Å². The molecule has 0 atom stereocenters. The highest BCUT2D eigenvalue weighted by Crippen LogP contribution is 2.29. The van der Waals surface area contributed by atoms with Crippen molar-refractivity contribution in [3.8, 4) is 23.1 Å². The van der Waals surface area contributed by atoms with Gasteiger partial charge in [-0.2, -0.15) is 5.26 Å². The Balaban J connectivity index is 2.40. The first-order chi connectivity index (χ1) is 9.61. The van der Waals surface area contributed by atoms with Crippen LogP contribution in [-0.2, 0) is 0 Å². The topological polar surface area (TPSA) is 76.9 Å². The van der Waals surface area contributed by atoms with Crippen LogP contribution in [0.15, 0.2) is 30.6 Å². The van der Waals surface area contributed by atoms with E-state index in [9.17, 15) is 0 Å². The molecule has 0 aliphatic heterocycles. The SMILES string of the molecule is Cc1cc([OH2+])ccc1-c1c(C)nc(C#N)c2nccn12. The van der Waals surface area contributed by atoms with E-state index in [0.29, 0.717) is 17.1 Å². The highest BCUT2D eigenvalue weighted by molar-refractivity contribution is 5.71. The van der Waals surface area contributed by atoms with Gasteiger partial charge in [0.25, 0.3) is 5.75 Å². The van der Waals surface area contributed by atoms with Crippen molar-refractivity contribution in [2.45, 2.75) is 13.8 Å². The number of aryl methyl sites for hydroxylation is 2. The van der Waals surface area contributed by atoms with E-state index < -0.39 is 0 Å². The molecule has 2 heterocycles. The second-order valence-corrected chi connectivity index (χ2v) is 4.66. The molecular formula is C15H13N4O+. The quantitative estimate of drug-likeness (QED) is 0.633. The fourth-order valence-electron chi connectivity index (χ4n) is 2.43. The number of hydrogen-bond acceptors (Lipinski definition) is 3. The number of hydrogen-bond donors (Lipinski definition) is 0. The van der Waals surface area contributed by atoms with Crippen molar-refractivity contribution in [1.82, 2.24) is 14.4 Å². The molecule has 0 radical (unpaired) electrons. The Hall–Kier alpha value is -2.87. The number of nitrogens with zero attached hydrogens (tertiary/aromatic N) is 4. The first kappa shape index (κ1) is 12.2. The zero-order chi connectivity index (χ0) is 14.3. The molecule has 3 rings (SSSR count). The van der Waals surface area contributed by atoms with Crippen LogP contribution in [0.1, 0.15) is 17.0 Å². The molecule has 0 aliphatic rings. The van der Waals surface area contributed by atoms with Crippen molar-refractivity contribution in [2.24, 2.45) is 0 Å². The first-order valence-electron chi connectivity index (χ1n) is 6.18. The van der Waals surface area contributed by atoms with Crippen molar-refractivity contribution in [3.63, 3.8) is 0 Å². The third-order valence-corrected chi connectivity index (χ3v) is 3.30. The lowest BCUT2D eigenvalue weighted by Crippen LogP contribution is -2.02. The predicted octanol–water partition coefficient (Wildman–Crippen LogP) is 2.32. The van der Waals surface area contributed by atoms with Crippen molar-refractivity contribution in [3.05, 3.63) is 47.5 Å². The van der Waals surface area contributed by atoms with Gasteiger partial charge >= 0.3 is 0 Å². The number of rotatable bonds is 1. The minimum atomic E-state index is 0.325. The maximum absolute atomic E-state index is 9.14. The van der Waals surface area contributed by atoms with Gasteiger partial charge in [-0.3, -0.25) is 4.40 Å². The summed E-state index contributed by atoms with van der Waals surface area (Å²) in [6.07, 6.45) is 3.49. The number of fused-ring (bicyclic) bond motifs is 1. The van der Waals surface area contributed by atoms with E-state index in [1.54, 1.807) is 12.3 Å². The average molecular weight is 265 g/mol. The standard InChI is InChI=1S/C15H12N4O/c1-9-7-11(20)3-4-12(9)14-10(2)18-13(8-16)15-17-5-6-19(14)15/h3-7,20H,1-2H3/p+1. The molecule has 0 spiro atoms. The predicted molar refractivity (Wildman–Crippen MR) is 75.7 cm³/mol. The first-order valence-corrected chi connectivity index (χ1v) is 6.18. The molecule has 5 heteroatoms. The minimum absolute atomic E-state index is 0.325. The maximum atomic E-state index is 9.14. The molecule has 0 fully saturated rings. The van der Waals surface area contributed by atoms with Crippen LogP contribution < -0.4 is 0 Å². The fourth-order valence-corrected chi connectivity index (χ4v) is 2.43. The molecule has 0 bridgehead atoms. The van der Waals surface area contributed by atoms with E-state index in [-0.39, 0.29) is 0 Å². The Kier molecular flexibility index (Phi) is 2.65. The van der Waals surface area contributed by atoms with Crippen molar-refractivity contribution in [2.75, 3.05) is 0 Å². The Morgan fingerprint density at radius 3 is 2.80 bits per heavy atom. The molecule has 0 amide bonds. The van der Waals surface area contributed by atoms with E-state index in [1.165, 1.54) is 0 Å². The van der Waals surface area contributed by atoms with Crippen LogP contribution in [0.4, 0.5) is 0 Å². The van der Waals surface area contributed by atoms with Gasteiger partial charge in [0, 0.05) is 30.1 Å². The molecule has 0 saturated heterocycles. The highest BCUT2D eigenvalue weighted by Gasteiger charge is 2.15. The summed E-state index contributed by atoms with van der Waals surface area (Å²) in [5.74, 6) is 0.479. The smallest absolute Gasteiger partial charge is 0.254 e. The van der Waals surface area contributed by atoms with Crippen LogP contribution in [0.2, 0.25) is 0 Å². The molecule has 0 unspecified atom stereocenters. The van der Waals surface area contributed by atoms with Crippen molar-refractivity contribution >= 4 is 5.65 Å². The van der Waals surface area contributed by atoms with E-state index in [4.69, 9.17) is 10.4 Å². The largest absolute Gasteiger partial charge is 0.593 e. The summed E-state index contributed by atoms with van der Waals surface area (Å²) in [7, 11) is 0. The third-order valence-electron chi connectivity index (χ3n) is 3.30. The summed E-state index contributed by atoms with van der Waals surface area (Å²) in [5.41, 5.74) is 4.57. The van der Waals surface area contributed by atoms with Gasteiger partial charge in [0.2, 0.25) is 0 Å². The molecule has 0 saturated carbocycles. The lowest BCUT2D eigenvalue weighted by molar-refractivity contribution is 0.475.